The zero-order valence-corrected chi connectivity index (χ0v) is 13.4. The van der Waals surface area contributed by atoms with E-state index in [-0.39, 0.29) is 17.2 Å². The molecule has 0 saturated carbocycles. The van der Waals surface area contributed by atoms with Gasteiger partial charge in [-0.15, -0.1) is 17.9 Å². The van der Waals surface area contributed by atoms with Gasteiger partial charge in [-0.05, 0) is 19.4 Å². The number of rotatable bonds is 5. The van der Waals surface area contributed by atoms with Gasteiger partial charge in [0.2, 0.25) is 5.91 Å². The van der Waals surface area contributed by atoms with Gasteiger partial charge in [0.15, 0.2) is 5.16 Å². The molecule has 0 fully saturated rings. The van der Waals surface area contributed by atoms with E-state index < -0.39 is 0 Å². The van der Waals surface area contributed by atoms with Gasteiger partial charge in [0.1, 0.15) is 4.83 Å². The number of carbonyl (C=O) groups is 1. The minimum Gasteiger partial charge on any atom is -0.294 e. The van der Waals surface area contributed by atoms with E-state index in [1.54, 1.807) is 6.08 Å². The zero-order chi connectivity index (χ0) is 15.6. The molecule has 0 atom stereocenters. The Morgan fingerprint density at radius 3 is 2.90 bits per heavy atom. The molecule has 0 spiro atoms. The van der Waals surface area contributed by atoms with Crippen molar-refractivity contribution >= 4 is 39.2 Å². The monoisotopic (exact) mass is 324 g/mol. The molecule has 6 nitrogen and oxygen atoms in total. The maximum atomic E-state index is 12.6. The molecule has 21 heavy (non-hydrogen) atoms. The van der Waals surface area contributed by atoms with Crippen molar-refractivity contribution < 1.29 is 4.79 Å². The van der Waals surface area contributed by atoms with E-state index in [0.29, 0.717) is 21.9 Å². The lowest BCUT2D eigenvalue weighted by molar-refractivity contribution is -0.118. The second kappa shape index (κ2) is 6.42. The molecule has 1 amide bonds. The molecule has 2 rings (SSSR count). The van der Waals surface area contributed by atoms with Crippen molar-refractivity contribution in [1.29, 1.82) is 0 Å². The first-order chi connectivity index (χ1) is 9.99. The summed E-state index contributed by atoms with van der Waals surface area (Å²) in [4.78, 5) is 30.2. The average molecular weight is 324 g/mol. The topological polar surface area (TPSA) is 90.0 Å². The van der Waals surface area contributed by atoms with Crippen LogP contribution in [0.15, 0.2) is 22.6 Å². The molecule has 2 heterocycles. The first-order valence-corrected chi connectivity index (χ1v) is 8.03. The lowest BCUT2D eigenvalue weighted by Crippen LogP contribution is -2.32. The fourth-order valence-electron chi connectivity index (χ4n) is 1.88. The van der Waals surface area contributed by atoms with E-state index in [4.69, 9.17) is 5.84 Å². The van der Waals surface area contributed by atoms with Gasteiger partial charge in [0, 0.05) is 11.4 Å². The Morgan fingerprint density at radius 2 is 2.29 bits per heavy atom. The number of amides is 1. The molecule has 0 aromatic carbocycles. The van der Waals surface area contributed by atoms with Crippen LogP contribution >= 0.6 is 23.1 Å². The predicted molar refractivity (Wildman–Crippen MR) is 86.6 cm³/mol. The fourth-order valence-corrected chi connectivity index (χ4v) is 3.77. The van der Waals surface area contributed by atoms with Crippen molar-refractivity contribution in [2.24, 2.45) is 5.84 Å². The molecule has 112 valence electrons. The number of nitrogens with two attached hydrogens (primary N) is 1. The van der Waals surface area contributed by atoms with Gasteiger partial charge in [-0.25, -0.2) is 10.8 Å². The van der Waals surface area contributed by atoms with E-state index in [1.807, 2.05) is 13.8 Å². The molecule has 0 aliphatic rings. The number of thioether (sulfide) groups is 1. The number of nitrogens with zero attached hydrogens (tertiary/aromatic N) is 2. The maximum Gasteiger partial charge on any atom is 0.263 e. The highest BCUT2D eigenvalue weighted by Gasteiger charge is 2.16. The highest BCUT2D eigenvalue weighted by atomic mass is 32.2. The highest BCUT2D eigenvalue weighted by Crippen LogP contribution is 2.28. The number of hydrazine groups is 1. The Balaban J connectivity index is 2.57. The lowest BCUT2D eigenvalue weighted by Gasteiger charge is -2.09. The van der Waals surface area contributed by atoms with Crippen molar-refractivity contribution in [3.8, 4) is 0 Å². The summed E-state index contributed by atoms with van der Waals surface area (Å²) in [6, 6.07) is 0. The summed E-state index contributed by atoms with van der Waals surface area (Å²) in [5, 5.41) is 1.14. The minimum absolute atomic E-state index is 0.0996. The van der Waals surface area contributed by atoms with Crippen LogP contribution in [-0.4, -0.2) is 21.2 Å². The fraction of sp³-hybridized carbons (Fsp3) is 0.308. The summed E-state index contributed by atoms with van der Waals surface area (Å²) in [5.41, 5.74) is 2.92. The summed E-state index contributed by atoms with van der Waals surface area (Å²) in [7, 11) is 0. The van der Waals surface area contributed by atoms with Crippen molar-refractivity contribution in [1.82, 2.24) is 15.0 Å². The summed E-state index contributed by atoms with van der Waals surface area (Å²) in [5.74, 6) is 4.85. The second-order valence-electron chi connectivity index (χ2n) is 4.42. The molecule has 0 saturated heterocycles. The van der Waals surface area contributed by atoms with Crippen LogP contribution in [0, 0.1) is 13.8 Å². The van der Waals surface area contributed by atoms with Crippen LogP contribution in [0.4, 0.5) is 0 Å². The van der Waals surface area contributed by atoms with Crippen molar-refractivity contribution in [3.63, 3.8) is 0 Å². The van der Waals surface area contributed by atoms with E-state index >= 15 is 0 Å². The van der Waals surface area contributed by atoms with Gasteiger partial charge in [0.25, 0.3) is 5.56 Å². The molecule has 0 aliphatic carbocycles. The Morgan fingerprint density at radius 1 is 1.57 bits per heavy atom. The van der Waals surface area contributed by atoms with E-state index in [2.05, 4.69) is 17.0 Å². The molecule has 3 N–H and O–H groups in total. The van der Waals surface area contributed by atoms with Crippen LogP contribution in [0.1, 0.15) is 10.4 Å². The molecular weight excluding hydrogens is 308 g/mol. The number of fused-ring (bicyclic) bond motifs is 1. The number of aromatic nitrogens is 2. The second-order valence-corrected chi connectivity index (χ2v) is 6.56. The largest absolute Gasteiger partial charge is 0.294 e. The normalized spacial score (nSPS) is 10.8. The maximum absolute atomic E-state index is 12.6. The van der Waals surface area contributed by atoms with E-state index in [1.165, 1.54) is 27.7 Å². The van der Waals surface area contributed by atoms with E-state index in [0.717, 1.165) is 10.4 Å². The third-order valence-electron chi connectivity index (χ3n) is 3.06. The number of allylic oxidation sites excluding steroid dienone is 1. The smallest absolute Gasteiger partial charge is 0.263 e. The highest BCUT2D eigenvalue weighted by molar-refractivity contribution is 7.99. The van der Waals surface area contributed by atoms with Crippen LogP contribution in [-0.2, 0) is 11.3 Å². The predicted octanol–water partition coefficient (Wildman–Crippen LogP) is 1.34. The quantitative estimate of drug-likeness (QED) is 0.216. The molecule has 0 bridgehead atoms. The number of aryl methyl sites for hydroxylation is 2. The third kappa shape index (κ3) is 3.02. The number of carbonyl (C=O) groups excluding carboxylic acids is 1. The van der Waals surface area contributed by atoms with Gasteiger partial charge >= 0.3 is 0 Å². The van der Waals surface area contributed by atoms with Gasteiger partial charge in [0.05, 0.1) is 11.1 Å². The number of nitrogens with one attached hydrogen (secondary N) is 1. The van der Waals surface area contributed by atoms with Gasteiger partial charge in [-0.2, -0.15) is 0 Å². The third-order valence-corrected chi connectivity index (χ3v) is 5.14. The summed E-state index contributed by atoms with van der Waals surface area (Å²) in [6.45, 7) is 7.90. The SMILES string of the molecule is C=CCn1c(SCC(=O)NN)nc2sc(C)c(C)c2c1=O. The van der Waals surface area contributed by atoms with Gasteiger partial charge in [-0.3, -0.25) is 19.6 Å². The summed E-state index contributed by atoms with van der Waals surface area (Å²) < 4.78 is 1.53. The average Bonchev–Trinajstić information content (AvgIpc) is 2.75. The lowest BCUT2D eigenvalue weighted by atomic mass is 10.2. The summed E-state index contributed by atoms with van der Waals surface area (Å²) >= 11 is 2.67. The zero-order valence-electron chi connectivity index (χ0n) is 11.8. The number of hydrogen-bond donors (Lipinski definition) is 2. The minimum atomic E-state index is -0.321. The molecule has 0 radical (unpaired) electrons. The summed E-state index contributed by atoms with van der Waals surface area (Å²) in [6.07, 6.45) is 1.64. The number of thiophene rings is 1. The van der Waals surface area contributed by atoms with Crippen LogP contribution in [0.3, 0.4) is 0 Å². The Kier molecular flexibility index (Phi) is 4.81. The van der Waals surface area contributed by atoms with Crippen LogP contribution in [0.25, 0.3) is 10.2 Å². The van der Waals surface area contributed by atoms with Gasteiger partial charge < -0.3 is 0 Å². The van der Waals surface area contributed by atoms with Crippen molar-refractivity contribution in [2.75, 3.05) is 5.75 Å². The van der Waals surface area contributed by atoms with Crippen LogP contribution < -0.4 is 16.8 Å². The molecule has 2 aromatic rings. The Bertz CT molecular complexity index is 764. The first-order valence-electron chi connectivity index (χ1n) is 6.23. The van der Waals surface area contributed by atoms with Crippen molar-refractivity contribution in [2.45, 2.75) is 25.5 Å². The molecular formula is C13H16N4O2S2. The van der Waals surface area contributed by atoms with Crippen LogP contribution in [0.5, 0.6) is 0 Å². The molecule has 8 heteroatoms. The standard InChI is InChI=1S/C13H16N4O2S2/c1-4-5-17-12(19)10-7(2)8(3)21-11(10)15-13(17)20-6-9(18)16-14/h4H,1,5-6,14H2,2-3H3,(H,16,18). The van der Waals surface area contributed by atoms with Crippen molar-refractivity contribution in [3.05, 3.63) is 33.4 Å². The Hall–Kier alpha value is -1.64. The van der Waals surface area contributed by atoms with E-state index in [9.17, 15) is 9.59 Å². The molecule has 2 aromatic heterocycles. The van der Waals surface area contributed by atoms with Gasteiger partial charge in [-0.1, -0.05) is 17.8 Å². The molecule has 0 aliphatic heterocycles. The first kappa shape index (κ1) is 15.7. The number of hydrogen-bond acceptors (Lipinski definition) is 6. The molecule has 0 unspecified atom stereocenters. The Labute approximate surface area is 130 Å². The van der Waals surface area contributed by atoms with Crippen LogP contribution in [0.2, 0.25) is 0 Å².